The summed E-state index contributed by atoms with van der Waals surface area (Å²) in [7, 11) is 1.43. The number of alkyl halides is 3. The van der Waals surface area contributed by atoms with Gasteiger partial charge in [-0.05, 0) is 61.2 Å². The highest BCUT2D eigenvalue weighted by molar-refractivity contribution is 6.06. The number of hydrogen-bond acceptors (Lipinski definition) is 10. The normalized spacial score (nSPS) is 18.2. The van der Waals surface area contributed by atoms with Crippen molar-refractivity contribution in [2.75, 3.05) is 51.9 Å². The lowest BCUT2D eigenvalue weighted by molar-refractivity contribution is -0.141. The third-order valence-electron chi connectivity index (χ3n) is 9.84. The Bertz CT molecular complexity index is 2080. The summed E-state index contributed by atoms with van der Waals surface area (Å²) in [5, 5.41) is 10.4. The Balaban J connectivity index is 0.845. The van der Waals surface area contributed by atoms with Crippen LogP contribution in [0.25, 0.3) is 10.9 Å². The molecule has 2 fully saturated rings. The maximum absolute atomic E-state index is 13.1. The fraction of sp³-hybridized carbons (Fsp3) is 0.405. The van der Waals surface area contributed by atoms with Gasteiger partial charge in [0.1, 0.15) is 35.5 Å². The molecular weight excluding hydrogens is 711 g/mol. The molecule has 2 aromatic carbocycles. The van der Waals surface area contributed by atoms with E-state index in [-0.39, 0.29) is 42.2 Å². The van der Waals surface area contributed by atoms with Crippen LogP contribution in [0.4, 0.5) is 18.9 Å². The Morgan fingerprint density at radius 2 is 1.83 bits per heavy atom. The van der Waals surface area contributed by atoms with Crippen LogP contribution in [-0.4, -0.2) is 101 Å². The van der Waals surface area contributed by atoms with Gasteiger partial charge in [-0.2, -0.15) is 18.3 Å². The topological polar surface area (TPSA) is 157 Å². The highest BCUT2D eigenvalue weighted by Crippen LogP contribution is 2.33. The molecule has 17 heteroatoms. The fourth-order valence-electron chi connectivity index (χ4n) is 6.99. The van der Waals surface area contributed by atoms with Gasteiger partial charge in [0.2, 0.25) is 11.8 Å². The molecular formula is C37H38F3N7O7. The number of imide groups is 1. The number of halogens is 3. The third kappa shape index (κ3) is 8.01. The molecule has 7 rings (SSSR count). The maximum atomic E-state index is 13.1. The largest absolute Gasteiger partial charge is 0.494 e. The Morgan fingerprint density at radius 1 is 1.02 bits per heavy atom. The molecule has 3 aliphatic heterocycles. The minimum atomic E-state index is -4.67. The van der Waals surface area contributed by atoms with E-state index < -0.39 is 29.7 Å². The number of nitrogens with zero attached hydrogens (tertiary/aromatic N) is 5. The van der Waals surface area contributed by atoms with E-state index in [0.29, 0.717) is 48.8 Å². The van der Waals surface area contributed by atoms with Gasteiger partial charge < -0.3 is 29.3 Å². The summed E-state index contributed by atoms with van der Waals surface area (Å²) in [5.74, 6) is -0.870. The molecule has 4 aromatic rings. The molecule has 1 unspecified atom stereocenters. The van der Waals surface area contributed by atoms with Gasteiger partial charge >= 0.3 is 6.18 Å². The van der Waals surface area contributed by atoms with Crippen LogP contribution in [-0.2, 0) is 27.0 Å². The quantitative estimate of drug-likeness (QED) is 0.159. The molecule has 0 bridgehead atoms. The summed E-state index contributed by atoms with van der Waals surface area (Å²) in [6, 6.07) is 11.2. The average molecular weight is 750 g/mol. The number of nitrogens with one attached hydrogen (secondary N) is 2. The second-order valence-corrected chi connectivity index (χ2v) is 13.3. The number of ether oxygens (including phenoxy) is 3. The Hall–Kier alpha value is -5.55. The van der Waals surface area contributed by atoms with E-state index in [4.69, 9.17) is 19.3 Å². The summed E-state index contributed by atoms with van der Waals surface area (Å²) in [6.07, 6.45) is -0.545. The molecule has 2 saturated heterocycles. The van der Waals surface area contributed by atoms with Crippen molar-refractivity contribution in [2.45, 2.75) is 50.5 Å². The van der Waals surface area contributed by atoms with E-state index >= 15 is 0 Å². The molecule has 4 amide bonds. The molecule has 14 nitrogen and oxygen atoms in total. The van der Waals surface area contributed by atoms with E-state index in [1.54, 1.807) is 24.3 Å². The molecule has 0 spiro atoms. The minimum Gasteiger partial charge on any atom is -0.494 e. The molecule has 0 aliphatic carbocycles. The zero-order valence-electron chi connectivity index (χ0n) is 29.4. The molecule has 0 saturated carbocycles. The van der Waals surface area contributed by atoms with E-state index in [0.717, 1.165) is 55.6 Å². The van der Waals surface area contributed by atoms with Crippen molar-refractivity contribution < 1.29 is 46.6 Å². The van der Waals surface area contributed by atoms with Crippen LogP contribution < -0.4 is 20.1 Å². The van der Waals surface area contributed by atoms with Crippen LogP contribution in [0.15, 0.2) is 54.7 Å². The molecule has 2 N–H and O–H groups in total. The lowest BCUT2D eigenvalue weighted by atomic mass is 10.0. The number of hydrogen-bond donors (Lipinski definition) is 2. The van der Waals surface area contributed by atoms with Crippen molar-refractivity contribution in [1.82, 2.24) is 29.9 Å². The molecule has 1 atom stereocenters. The van der Waals surface area contributed by atoms with Crippen LogP contribution >= 0.6 is 0 Å². The average Bonchev–Trinajstić information content (AvgIpc) is 3.72. The number of methoxy groups -OCH3 is 1. The number of carbonyl (C=O) groups is 4. The summed E-state index contributed by atoms with van der Waals surface area (Å²) in [4.78, 5) is 56.8. The smallest absolute Gasteiger partial charge is 0.433 e. The van der Waals surface area contributed by atoms with Crippen LogP contribution in [0.2, 0.25) is 0 Å². The first-order chi connectivity index (χ1) is 26.0. The highest BCUT2D eigenvalue weighted by atomic mass is 19.4. The second-order valence-electron chi connectivity index (χ2n) is 13.3. The molecule has 3 aliphatic rings. The molecule has 5 heterocycles. The lowest BCUT2D eigenvalue weighted by Gasteiger charge is -2.31. The summed E-state index contributed by atoms with van der Waals surface area (Å²) >= 11 is 0. The van der Waals surface area contributed by atoms with Crippen molar-refractivity contribution in [3.63, 3.8) is 0 Å². The minimum absolute atomic E-state index is 0.153. The zero-order valence-corrected chi connectivity index (χ0v) is 29.4. The van der Waals surface area contributed by atoms with Crippen LogP contribution in [0, 0.1) is 0 Å². The number of benzene rings is 2. The summed E-state index contributed by atoms with van der Waals surface area (Å²) in [6.45, 7) is 3.98. The van der Waals surface area contributed by atoms with Crippen molar-refractivity contribution >= 4 is 40.2 Å². The first kappa shape index (κ1) is 36.8. The molecule has 2 aromatic heterocycles. The SMILES string of the molecule is COc1cc2nn(C3CCN(CCOCCOc4ccc5c(c4)CN(C4CCC(=O)NC4=O)C5=O)CC3)cc2cc1NC(=O)c1cccc(C(F)(F)F)n1. The van der Waals surface area contributed by atoms with Crippen molar-refractivity contribution in [3.8, 4) is 11.5 Å². The number of anilines is 1. The standard InChI is InChI=1S/C37H38F3N7O7/c1-52-31-19-28-23(18-29(31)42-34(49)27-3-2-4-32(41-27)37(38,39)40)21-47(44-28)24-9-11-45(12-10-24)13-14-53-15-16-54-25-5-6-26-22(17-25)20-46(36(26)51)30-7-8-33(48)43-35(30)50/h2-6,17-19,21,24,30H,7-16,20H2,1H3,(H,42,49)(H,43,48,50). The Morgan fingerprint density at radius 3 is 2.59 bits per heavy atom. The van der Waals surface area contributed by atoms with Gasteiger partial charge in [0.15, 0.2) is 0 Å². The van der Waals surface area contributed by atoms with E-state index in [2.05, 4.69) is 20.5 Å². The van der Waals surface area contributed by atoms with Crippen LogP contribution in [0.3, 0.4) is 0 Å². The number of fused-ring (bicyclic) bond motifs is 2. The predicted octanol–water partition coefficient (Wildman–Crippen LogP) is 4.20. The number of aromatic nitrogens is 3. The highest BCUT2D eigenvalue weighted by Gasteiger charge is 2.39. The van der Waals surface area contributed by atoms with Crippen molar-refractivity contribution in [1.29, 1.82) is 0 Å². The molecule has 0 radical (unpaired) electrons. The van der Waals surface area contributed by atoms with Gasteiger partial charge in [-0.15, -0.1) is 0 Å². The number of likely N-dealkylation sites (tertiary alicyclic amines) is 1. The summed E-state index contributed by atoms with van der Waals surface area (Å²) in [5.41, 5.74) is 0.725. The number of pyridine rings is 1. The second kappa shape index (κ2) is 15.4. The number of rotatable bonds is 12. The number of carbonyl (C=O) groups excluding carboxylic acids is 4. The molecule has 284 valence electrons. The Labute approximate surface area is 307 Å². The van der Waals surface area contributed by atoms with Gasteiger partial charge in [0.25, 0.3) is 11.8 Å². The first-order valence-corrected chi connectivity index (χ1v) is 17.6. The van der Waals surface area contributed by atoms with Gasteiger partial charge in [-0.25, -0.2) is 4.98 Å². The monoisotopic (exact) mass is 749 g/mol. The molecule has 54 heavy (non-hydrogen) atoms. The lowest BCUT2D eigenvalue weighted by Crippen LogP contribution is -2.52. The van der Waals surface area contributed by atoms with Crippen molar-refractivity contribution in [3.05, 3.63) is 77.2 Å². The van der Waals surface area contributed by atoms with Crippen LogP contribution in [0.5, 0.6) is 11.5 Å². The predicted molar refractivity (Wildman–Crippen MR) is 187 cm³/mol. The Kier molecular flexibility index (Phi) is 10.5. The van der Waals surface area contributed by atoms with Gasteiger partial charge in [-0.3, -0.25) is 29.2 Å². The maximum Gasteiger partial charge on any atom is 0.433 e. The fourth-order valence-corrected chi connectivity index (χ4v) is 6.99. The van der Waals surface area contributed by atoms with E-state index in [1.165, 1.54) is 18.1 Å². The van der Waals surface area contributed by atoms with Crippen molar-refractivity contribution in [2.24, 2.45) is 0 Å². The van der Waals surface area contributed by atoms with Gasteiger partial charge in [0.05, 0.1) is 37.6 Å². The van der Waals surface area contributed by atoms with Gasteiger partial charge in [0, 0.05) is 55.8 Å². The number of amides is 4. The van der Waals surface area contributed by atoms with Crippen LogP contribution in [0.1, 0.15) is 63.8 Å². The third-order valence-corrected chi connectivity index (χ3v) is 9.84. The van der Waals surface area contributed by atoms with E-state index in [9.17, 15) is 32.3 Å². The van der Waals surface area contributed by atoms with E-state index in [1.807, 2.05) is 16.9 Å². The zero-order chi connectivity index (χ0) is 38.0. The number of piperidine rings is 2. The summed E-state index contributed by atoms with van der Waals surface area (Å²) < 4.78 is 58.4. The first-order valence-electron chi connectivity index (χ1n) is 17.6. The van der Waals surface area contributed by atoms with Gasteiger partial charge in [-0.1, -0.05) is 6.07 Å².